The number of pyridine rings is 1. The Balaban J connectivity index is 2.44. The number of hydrogen-bond donors (Lipinski definition) is 1. The van der Waals surface area contributed by atoms with E-state index in [1.807, 2.05) is 6.07 Å². The van der Waals surface area contributed by atoms with Gasteiger partial charge in [0.1, 0.15) is 5.75 Å². The number of aromatic hydroxyl groups is 1. The standard InChI is InChI=1S/C19H25NO4/c1-3-5-6-7-10-13-20-15-12-9-8-11-14(15)17(21)16(18(20)22)19(23)24-4-2/h8-9,11-12,21H,3-7,10,13H2,1-2H3. The molecule has 5 nitrogen and oxygen atoms in total. The molecule has 1 heterocycles. The molecule has 1 N–H and O–H groups in total. The van der Waals surface area contributed by atoms with Crippen molar-refractivity contribution in [2.45, 2.75) is 52.5 Å². The summed E-state index contributed by atoms with van der Waals surface area (Å²) < 4.78 is 6.52. The molecule has 0 aliphatic heterocycles. The van der Waals surface area contributed by atoms with Crippen molar-refractivity contribution in [2.75, 3.05) is 6.61 Å². The highest BCUT2D eigenvalue weighted by Gasteiger charge is 2.22. The van der Waals surface area contributed by atoms with E-state index >= 15 is 0 Å². The molecule has 0 radical (unpaired) electrons. The summed E-state index contributed by atoms with van der Waals surface area (Å²) in [6.07, 6.45) is 5.36. The molecular formula is C19H25NO4. The average Bonchev–Trinajstić information content (AvgIpc) is 2.57. The number of hydrogen-bond acceptors (Lipinski definition) is 4. The third kappa shape index (κ3) is 3.78. The normalized spacial score (nSPS) is 10.9. The number of fused-ring (bicyclic) bond motifs is 1. The predicted octanol–water partition coefficient (Wildman–Crippen LogP) is 3.85. The number of rotatable bonds is 8. The van der Waals surface area contributed by atoms with Crippen molar-refractivity contribution in [1.82, 2.24) is 4.57 Å². The molecule has 130 valence electrons. The molecule has 0 bridgehead atoms. The number of nitrogens with zero attached hydrogens (tertiary/aromatic N) is 1. The number of esters is 1. The Morgan fingerprint density at radius 2 is 1.83 bits per heavy atom. The van der Waals surface area contributed by atoms with Crippen LogP contribution in [0.4, 0.5) is 0 Å². The van der Waals surface area contributed by atoms with Crippen molar-refractivity contribution in [3.05, 3.63) is 40.2 Å². The van der Waals surface area contributed by atoms with E-state index in [1.165, 1.54) is 6.42 Å². The maximum atomic E-state index is 12.7. The van der Waals surface area contributed by atoms with Crippen molar-refractivity contribution >= 4 is 16.9 Å². The van der Waals surface area contributed by atoms with E-state index in [-0.39, 0.29) is 17.9 Å². The van der Waals surface area contributed by atoms with Crippen molar-refractivity contribution < 1.29 is 14.6 Å². The molecule has 0 spiro atoms. The Bertz CT molecular complexity index is 764. The summed E-state index contributed by atoms with van der Waals surface area (Å²) >= 11 is 0. The number of benzene rings is 1. The molecular weight excluding hydrogens is 306 g/mol. The fourth-order valence-corrected chi connectivity index (χ4v) is 2.87. The molecule has 5 heteroatoms. The van der Waals surface area contributed by atoms with Crippen molar-refractivity contribution in [2.24, 2.45) is 0 Å². The first-order chi connectivity index (χ1) is 11.6. The zero-order chi connectivity index (χ0) is 17.5. The van der Waals surface area contributed by atoms with Gasteiger partial charge in [0.25, 0.3) is 5.56 Å². The molecule has 0 amide bonds. The van der Waals surface area contributed by atoms with Crippen LogP contribution >= 0.6 is 0 Å². The highest BCUT2D eigenvalue weighted by Crippen LogP contribution is 2.27. The first-order valence-corrected chi connectivity index (χ1v) is 8.63. The fourth-order valence-electron chi connectivity index (χ4n) is 2.87. The van der Waals surface area contributed by atoms with E-state index < -0.39 is 11.5 Å². The lowest BCUT2D eigenvalue weighted by Crippen LogP contribution is -2.28. The molecule has 0 fully saturated rings. The van der Waals surface area contributed by atoms with Crippen LogP contribution in [0.5, 0.6) is 5.75 Å². The molecule has 24 heavy (non-hydrogen) atoms. The third-order valence-corrected chi connectivity index (χ3v) is 4.11. The number of unbranched alkanes of at least 4 members (excludes halogenated alkanes) is 4. The van der Waals surface area contributed by atoms with Gasteiger partial charge < -0.3 is 14.4 Å². The van der Waals surface area contributed by atoms with Gasteiger partial charge in [0.2, 0.25) is 0 Å². The number of para-hydroxylation sites is 1. The highest BCUT2D eigenvalue weighted by atomic mass is 16.5. The molecule has 2 aromatic rings. The number of carbonyl (C=O) groups is 1. The van der Waals surface area contributed by atoms with Crippen LogP contribution in [0.25, 0.3) is 10.9 Å². The molecule has 0 aliphatic rings. The largest absolute Gasteiger partial charge is 0.506 e. The minimum atomic E-state index is -0.773. The number of carbonyl (C=O) groups excluding carboxylic acids is 1. The molecule has 0 atom stereocenters. The second kappa shape index (κ2) is 8.52. The van der Waals surface area contributed by atoms with Gasteiger partial charge in [0.15, 0.2) is 5.56 Å². The maximum absolute atomic E-state index is 12.7. The van der Waals surface area contributed by atoms with E-state index in [2.05, 4.69) is 6.92 Å². The van der Waals surface area contributed by atoms with Gasteiger partial charge >= 0.3 is 5.97 Å². The summed E-state index contributed by atoms with van der Waals surface area (Å²) in [6.45, 7) is 4.50. The summed E-state index contributed by atoms with van der Waals surface area (Å²) in [5.41, 5.74) is -0.118. The maximum Gasteiger partial charge on any atom is 0.347 e. The Kier molecular flexibility index (Phi) is 6.41. The van der Waals surface area contributed by atoms with E-state index in [0.29, 0.717) is 17.4 Å². The highest BCUT2D eigenvalue weighted by molar-refractivity contribution is 5.99. The van der Waals surface area contributed by atoms with Gasteiger partial charge in [-0.2, -0.15) is 0 Å². The topological polar surface area (TPSA) is 68.5 Å². The molecule has 0 unspecified atom stereocenters. The van der Waals surface area contributed by atoms with Crippen molar-refractivity contribution in [1.29, 1.82) is 0 Å². The van der Waals surface area contributed by atoms with E-state index in [1.54, 1.807) is 29.7 Å². The lowest BCUT2D eigenvalue weighted by Gasteiger charge is -2.14. The summed E-state index contributed by atoms with van der Waals surface area (Å²) in [5.74, 6) is -1.07. The van der Waals surface area contributed by atoms with Gasteiger partial charge in [0.05, 0.1) is 12.1 Å². The van der Waals surface area contributed by atoms with Crippen molar-refractivity contribution in [3.8, 4) is 5.75 Å². The molecule has 2 rings (SSSR count). The van der Waals surface area contributed by atoms with E-state index in [0.717, 1.165) is 25.7 Å². The Morgan fingerprint density at radius 3 is 2.54 bits per heavy atom. The second-order valence-corrected chi connectivity index (χ2v) is 5.83. The van der Waals surface area contributed by atoms with Gasteiger partial charge in [-0.05, 0) is 25.5 Å². The van der Waals surface area contributed by atoms with Crippen LogP contribution in [-0.2, 0) is 11.3 Å². The Morgan fingerprint density at radius 1 is 1.12 bits per heavy atom. The quantitative estimate of drug-likeness (QED) is 0.589. The zero-order valence-electron chi connectivity index (χ0n) is 14.4. The van der Waals surface area contributed by atoms with Crippen LogP contribution in [0.2, 0.25) is 0 Å². The number of ether oxygens (including phenoxy) is 1. The van der Waals surface area contributed by atoms with Gasteiger partial charge in [-0.25, -0.2) is 4.79 Å². The molecule has 1 aromatic carbocycles. The monoisotopic (exact) mass is 331 g/mol. The molecule has 0 aliphatic carbocycles. The minimum Gasteiger partial charge on any atom is -0.506 e. The van der Waals surface area contributed by atoms with Gasteiger partial charge in [-0.3, -0.25) is 4.79 Å². The fraction of sp³-hybridized carbons (Fsp3) is 0.474. The first-order valence-electron chi connectivity index (χ1n) is 8.63. The van der Waals surface area contributed by atoms with Crippen LogP contribution in [0, 0.1) is 0 Å². The van der Waals surface area contributed by atoms with Crippen LogP contribution in [0.15, 0.2) is 29.1 Å². The Hall–Kier alpha value is -2.30. The summed E-state index contributed by atoms with van der Waals surface area (Å²) in [5, 5.41) is 10.9. The second-order valence-electron chi connectivity index (χ2n) is 5.83. The van der Waals surface area contributed by atoms with Gasteiger partial charge in [0, 0.05) is 11.9 Å². The number of aromatic nitrogens is 1. The predicted molar refractivity (Wildman–Crippen MR) is 94.6 cm³/mol. The first kappa shape index (κ1) is 18.0. The van der Waals surface area contributed by atoms with Crippen LogP contribution < -0.4 is 5.56 Å². The lowest BCUT2D eigenvalue weighted by atomic mass is 10.1. The smallest absolute Gasteiger partial charge is 0.347 e. The van der Waals surface area contributed by atoms with E-state index in [9.17, 15) is 14.7 Å². The zero-order valence-corrected chi connectivity index (χ0v) is 14.4. The Labute approximate surface area is 141 Å². The van der Waals surface area contributed by atoms with Gasteiger partial charge in [-0.15, -0.1) is 0 Å². The average molecular weight is 331 g/mol. The van der Waals surface area contributed by atoms with Crippen LogP contribution in [-0.4, -0.2) is 22.2 Å². The molecule has 0 saturated heterocycles. The van der Waals surface area contributed by atoms with Crippen LogP contribution in [0.1, 0.15) is 56.3 Å². The summed E-state index contributed by atoms with van der Waals surface area (Å²) in [4.78, 5) is 24.8. The van der Waals surface area contributed by atoms with Crippen molar-refractivity contribution in [3.63, 3.8) is 0 Å². The SMILES string of the molecule is CCCCCCCn1c(=O)c(C(=O)OCC)c(O)c2ccccc21. The van der Waals surface area contributed by atoms with Crippen LogP contribution in [0.3, 0.4) is 0 Å². The molecule has 1 aromatic heterocycles. The summed E-state index contributed by atoms with van der Waals surface area (Å²) in [6, 6.07) is 7.09. The minimum absolute atomic E-state index is 0.154. The van der Waals surface area contributed by atoms with E-state index in [4.69, 9.17) is 4.74 Å². The lowest BCUT2D eigenvalue weighted by molar-refractivity contribution is 0.0520. The number of aryl methyl sites for hydroxylation is 1. The molecule has 0 saturated carbocycles. The third-order valence-electron chi connectivity index (χ3n) is 4.11. The van der Waals surface area contributed by atoms with Gasteiger partial charge in [-0.1, -0.05) is 44.7 Å². The summed E-state index contributed by atoms with van der Waals surface area (Å²) in [7, 11) is 0.